The van der Waals surface area contributed by atoms with E-state index in [2.05, 4.69) is 5.32 Å². The Bertz CT molecular complexity index is 712. The number of likely N-dealkylation sites (tertiary alicyclic amines) is 1. The Morgan fingerprint density at radius 3 is 2.92 bits per heavy atom. The predicted molar refractivity (Wildman–Crippen MR) is 94.4 cm³/mol. The fourth-order valence-electron chi connectivity index (χ4n) is 4.18. The van der Waals surface area contributed by atoms with E-state index in [1.165, 1.54) is 0 Å². The zero-order valence-corrected chi connectivity index (χ0v) is 15.0. The molecule has 0 aliphatic carbocycles. The molecule has 4 rings (SSSR count). The summed E-state index contributed by atoms with van der Waals surface area (Å²) in [6.45, 7) is 2.04. The SMILES string of the molecule is CO[C@H]1CCCOC12CCN(C(=O)c1ccc3c(c1)OCC(=O)N3)CC2. The van der Waals surface area contributed by atoms with Crippen LogP contribution in [0.3, 0.4) is 0 Å². The number of carbonyl (C=O) groups is 2. The van der Waals surface area contributed by atoms with Gasteiger partial charge in [0.05, 0.1) is 17.4 Å². The molecule has 1 aromatic carbocycles. The normalized spacial score (nSPS) is 24.6. The second kappa shape index (κ2) is 6.89. The zero-order chi connectivity index (χ0) is 18.1. The van der Waals surface area contributed by atoms with Gasteiger partial charge in [-0.1, -0.05) is 0 Å². The molecular weight excluding hydrogens is 336 g/mol. The Morgan fingerprint density at radius 1 is 1.35 bits per heavy atom. The first-order valence-electron chi connectivity index (χ1n) is 9.14. The van der Waals surface area contributed by atoms with E-state index in [-0.39, 0.29) is 30.1 Å². The maximum atomic E-state index is 12.9. The summed E-state index contributed by atoms with van der Waals surface area (Å²) in [6.07, 6.45) is 3.71. The molecular formula is C19H24N2O5. The number of hydrogen-bond acceptors (Lipinski definition) is 5. The first kappa shape index (κ1) is 17.3. The number of rotatable bonds is 2. The summed E-state index contributed by atoms with van der Waals surface area (Å²) in [5.74, 6) is 0.338. The maximum absolute atomic E-state index is 12.9. The Labute approximate surface area is 152 Å². The van der Waals surface area contributed by atoms with Gasteiger partial charge in [0.2, 0.25) is 0 Å². The molecule has 140 valence electrons. The molecule has 3 aliphatic rings. The van der Waals surface area contributed by atoms with Crippen LogP contribution in [0.2, 0.25) is 0 Å². The van der Waals surface area contributed by atoms with Crippen LogP contribution in [-0.2, 0) is 14.3 Å². The Hall–Kier alpha value is -2.12. The fourth-order valence-corrected chi connectivity index (χ4v) is 4.18. The molecule has 7 heteroatoms. The van der Waals surface area contributed by atoms with Crippen molar-refractivity contribution in [2.45, 2.75) is 37.4 Å². The average Bonchev–Trinajstić information content (AvgIpc) is 2.68. The van der Waals surface area contributed by atoms with Crippen LogP contribution in [0.1, 0.15) is 36.0 Å². The monoisotopic (exact) mass is 360 g/mol. The summed E-state index contributed by atoms with van der Waals surface area (Å²) in [5, 5.41) is 2.74. The number of anilines is 1. The lowest BCUT2D eigenvalue weighted by Gasteiger charge is -2.48. The lowest BCUT2D eigenvalue weighted by Crippen LogP contribution is -2.56. The van der Waals surface area contributed by atoms with E-state index >= 15 is 0 Å². The fraction of sp³-hybridized carbons (Fsp3) is 0.579. The van der Waals surface area contributed by atoms with Crippen LogP contribution in [0.25, 0.3) is 0 Å². The molecule has 1 aromatic rings. The van der Waals surface area contributed by atoms with Crippen molar-refractivity contribution in [1.82, 2.24) is 4.90 Å². The van der Waals surface area contributed by atoms with Crippen molar-refractivity contribution in [3.8, 4) is 5.75 Å². The number of nitrogens with one attached hydrogen (secondary N) is 1. The number of hydrogen-bond donors (Lipinski definition) is 1. The Balaban J connectivity index is 1.45. The second-order valence-electron chi connectivity index (χ2n) is 7.12. The molecule has 1 spiro atoms. The van der Waals surface area contributed by atoms with Crippen LogP contribution in [-0.4, -0.2) is 61.8 Å². The van der Waals surface area contributed by atoms with Crippen molar-refractivity contribution in [3.05, 3.63) is 23.8 Å². The number of benzene rings is 1. The van der Waals surface area contributed by atoms with E-state index in [0.717, 1.165) is 32.3 Å². The van der Waals surface area contributed by atoms with Crippen LogP contribution in [0, 0.1) is 0 Å². The Kier molecular flexibility index (Phi) is 4.58. The second-order valence-corrected chi connectivity index (χ2v) is 7.12. The van der Waals surface area contributed by atoms with E-state index in [9.17, 15) is 9.59 Å². The van der Waals surface area contributed by atoms with Crippen molar-refractivity contribution in [2.75, 3.05) is 38.7 Å². The minimum absolute atomic E-state index is 0.0204. The highest BCUT2D eigenvalue weighted by Crippen LogP contribution is 2.37. The van der Waals surface area contributed by atoms with Gasteiger partial charge in [0, 0.05) is 32.4 Å². The van der Waals surface area contributed by atoms with Crippen molar-refractivity contribution in [2.24, 2.45) is 0 Å². The molecule has 0 unspecified atom stereocenters. The average molecular weight is 360 g/mol. The van der Waals surface area contributed by atoms with Crippen LogP contribution >= 0.6 is 0 Å². The largest absolute Gasteiger partial charge is 0.482 e. The molecule has 2 amide bonds. The maximum Gasteiger partial charge on any atom is 0.262 e. The van der Waals surface area contributed by atoms with Gasteiger partial charge in [-0.15, -0.1) is 0 Å². The first-order valence-corrected chi connectivity index (χ1v) is 9.14. The highest BCUT2D eigenvalue weighted by Gasteiger charge is 2.45. The van der Waals surface area contributed by atoms with Crippen molar-refractivity contribution >= 4 is 17.5 Å². The third-order valence-corrected chi connectivity index (χ3v) is 5.63. The van der Waals surface area contributed by atoms with Crippen molar-refractivity contribution in [1.29, 1.82) is 0 Å². The van der Waals surface area contributed by atoms with E-state index in [1.807, 2.05) is 4.90 Å². The van der Waals surface area contributed by atoms with Gasteiger partial charge >= 0.3 is 0 Å². The van der Waals surface area contributed by atoms with Gasteiger partial charge < -0.3 is 24.4 Å². The zero-order valence-electron chi connectivity index (χ0n) is 15.0. The Morgan fingerprint density at radius 2 is 2.15 bits per heavy atom. The number of amides is 2. The first-order chi connectivity index (χ1) is 12.6. The van der Waals surface area contributed by atoms with Gasteiger partial charge in [0.15, 0.2) is 6.61 Å². The van der Waals surface area contributed by atoms with Gasteiger partial charge in [-0.25, -0.2) is 0 Å². The molecule has 7 nitrogen and oxygen atoms in total. The molecule has 2 saturated heterocycles. The molecule has 3 aliphatic heterocycles. The molecule has 0 aromatic heterocycles. The molecule has 0 saturated carbocycles. The van der Waals surface area contributed by atoms with Gasteiger partial charge in [-0.2, -0.15) is 0 Å². The van der Waals surface area contributed by atoms with Crippen molar-refractivity contribution < 1.29 is 23.8 Å². The smallest absolute Gasteiger partial charge is 0.262 e. The number of fused-ring (bicyclic) bond motifs is 1. The molecule has 0 bridgehead atoms. The van der Waals surface area contributed by atoms with Crippen LogP contribution in [0.4, 0.5) is 5.69 Å². The van der Waals surface area contributed by atoms with E-state index < -0.39 is 0 Å². The summed E-state index contributed by atoms with van der Waals surface area (Å²) in [7, 11) is 1.74. The summed E-state index contributed by atoms with van der Waals surface area (Å²) in [4.78, 5) is 26.1. The van der Waals surface area contributed by atoms with Gasteiger partial charge in [-0.05, 0) is 43.9 Å². The molecule has 2 fully saturated rings. The molecule has 3 heterocycles. The third kappa shape index (κ3) is 3.05. The van der Waals surface area contributed by atoms with Crippen molar-refractivity contribution in [3.63, 3.8) is 0 Å². The lowest BCUT2D eigenvalue weighted by atomic mass is 9.81. The number of ether oxygens (including phenoxy) is 3. The summed E-state index contributed by atoms with van der Waals surface area (Å²) >= 11 is 0. The summed E-state index contributed by atoms with van der Waals surface area (Å²) in [5.41, 5.74) is 0.921. The molecule has 1 N–H and O–H groups in total. The number of carbonyl (C=O) groups excluding carboxylic acids is 2. The quantitative estimate of drug-likeness (QED) is 0.871. The summed E-state index contributed by atoms with van der Waals surface area (Å²) in [6, 6.07) is 5.16. The predicted octanol–water partition coefficient (Wildman–Crippen LogP) is 1.82. The van der Waals surface area contributed by atoms with Gasteiger partial charge in [-0.3, -0.25) is 9.59 Å². The van der Waals surface area contributed by atoms with E-state index in [0.29, 0.717) is 30.1 Å². The standard InChI is InChI=1S/C19H24N2O5/c1-24-16-3-2-10-26-19(16)6-8-21(9-7-19)18(23)13-4-5-14-15(11-13)25-12-17(22)20-14/h4-5,11,16H,2-3,6-10,12H2,1H3,(H,20,22)/t16-/m0/s1. The minimum Gasteiger partial charge on any atom is -0.482 e. The lowest BCUT2D eigenvalue weighted by molar-refractivity contribution is -0.183. The molecule has 26 heavy (non-hydrogen) atoms. The number of methoxy groups -OCH3 is 1. The topological polar surface area (TPSA) is 77.1 Å². The highest BCUT2D eigenvalue weighted by molar-refractivity contribution is 5.99. The molecule has 1 atom stereocenters. The number of piperidine rings is 1. The minimum atomic E-state index is -0.257. The van der Waals surface area contributed by atoms with Crippen LogP contribution in [0.5, 0.6) is 5.75 Å². The van der Waals surface area contributed by atoms with E-state index in [1.54, 1.807) is 25.3 Å². The summed E-state index contributed by atoms with van der Waals surface area (Å²) < 4.78 is 17.2. The van der Waals surface area contributed by atoms with Gasteiger partial charge in [0.1, 0.15) is 5.75 Å². The van der Waals surface area contributed by atoms with Crippen LogP contribution < -0.4 is 10.1 Å². The van der Waals surface area contributed by atoms with Crippen LogP contribution in [0.15, 0.2) is 18.2 Å². The third-order valence-electron chi connectivity index (χ3n) is 5.63. The van der Waals surface area contributed by atoms with Gasteiger partial charge in [0.25, 0.3) is 11.8 Å². The molecule has 0 radical (unpaired) electrons. The highest BCUT2D eigenvalue weighted by atomic mass is 16.5. The van der Waals surface area contributed by atoms with E-state index in [4.69, 9.17) is 14.2 Å². The number of nitrogens with zero attached hydrogens (tertiary/aromatic N) is 1.